The molecule has 3 aromatic rings. The number of hydrogen-bond acceptors (Lipinski definition) is 5. The topological polar surface area (TPSA) is 99.6 Å². The molecular weight excluding hydrogens is 330 g/mol. The molecule has 5 N–H and O–H groups in total. The van der Waals surface area contributed by atoms with Crippen molar-refractivity contribution in [3.05, 3.63) is 66.7 Å². The summed E-state index contributed by atoms with van der Waals surface area (Å²) < 4.78 is 10.4. The maximum absolute atomic E-state index is 12.3. The molecule has 0 saturated carbocycles. The van der Waals surface area contributed by atoms with Gasteiger partial charge in [0, 0.05) is 16.9 Å². The Hall–Kier alpha value is -3.67. The third kappa shape index (κ3) is 3.87. The molecule has 0 atom stereocenters. The molecule has 0 saturated heterocycles. The zero-order valence-corrected chi connectivity index (χ0v) is 14.2. The lowest BCUT2D eigenvalue weighted by molar-refractivity contribution is 0.215. The molecule has 0 radical (unpaired) electrons. The van der Waals surface area contributed by atoms with Crippen molar-refractivity contribution in [3.8, 4) is 22.6 Å². The first-order valence-electron chi connectivity index (χ1n) is 7.94. The number of anilines is 3. The third-order valence-electron chi connectivity index (χ3n) is 3.80. The molecule has 3 aromatic carbocycles. The summed E-state index contributed by atoms with van der Waals surface area (Å²) in [5.41, 5.74) is 15.1. The van der Waals surface area contributed by atoms with Crippen molar-refractivity contribution in [2.24, 2.45) is 0 Å². The smallest absolute Gasteiger partial charge is 0.417 e. The first-order chi connectivity index (χ1) is 12.6. The van der Waals surface area contributed by atoms with Crippen LogP contribution < -0.4 is 26.3 Å². The van der Waals surface area contributed by atoms with E-state index in [0.717, 1.165) is 5.56 Å². The molecule has 3 rings (SSSR count). The van der Waals surface area contributed by atoms with E-state index >= 15 is 0 Å². The summed E-state index contributed by atoms with van der Waals surface area (Å²) in [7, 11) is 1.57. The van der Waals surface area contributed by atoms with E-state index in [0.29, 0.717) is 34.1 Å². The average Bonchev–Trinajstić information content (AvgIpc) is 2.63. The van der Waals surface area contributed by atoms with Crippen molar-refractivity contribution >= 4 is 23.2 Å². The fourth-order valence-electron chi connectivity index (χ4n) is 2.53. The zero-order valence-electron chi connectivity index (χ0n) is 14.2. The standard InChI is InChI=1S/C20H19N3O3/c1-25-15-9-11-16(12-10-15)26-20(24)23-18-4-2-3-17(22)19(18)13-5-7-14(21)8-6-13/h2-12H,21-22H2,1H3,(H,23,24). The average molecular weight is 349 g/mol. The Morgan fingerprint density at radius 1 is 0.885 bits per heavy atom. The van der Waals surface area contributed by atoms with E-state index in [1.54, 1.807) is 61.7 Å². The van der Waals surface area contributed by atoms with Crippen molar-refractivity contribution in [3.63, 3.8) is 0 Å². The molecule has 0 unspecified atom stereocenters. The van der Waals surface area contributed by atoms with Gasteiger partial charge >= 0.3 is 6.09 Å². The van der Waals surface area contributed by atoms with Gasteiger partial charge in [-0.05, 0) is 54.1 Å². The van der Waals surface area contributed by atoms with Crippen molar-refractivity contribution < 1.29 is 14.3 Å². The number of nitrogen functional groups attached to an aromatic ring is 2. The van der Waals surface area contributed by atoms with Gasteiger partial charge in [0.1, 0.15) is 11.5 Å². The van der Waals surface area contributed by atoms with Gasteiger partial charge in [0.15, 0.2) is 0 Å². The lowest BCUT2D eigenvalue weighted by atomic mass is 10.0. The van der Waals surface area contributed by atoms with Crippen LogP contribution in [0.2, 0.25) is 0 Å². The normalized spacial score (nSPS) is 10.2. The first kappa shape index (κ1) is 17.2. The highest BCUT2D eigenvalue weighted by molar-refractivity contribution is 5.96. The molecule has 0 aromatic heterocycles. The van der Waals surface area contributed by atoms with Crippen molar-refractivity contribution in [1.29, 1.82) is 0 Å². The van der Waals surface area contributed by atoms with E-state index in [2.05, 4.69) is 5.32 Å². The monoisotopic (exact) mass is 349 g/mol. The van der Waals surface area contributed by atoms with Gasteiger partial charge in [0.25, 0.3) is 0 Å². The summed E-state index contributed by atoms with van der Waals surface area (Å²) in [6.45, 7) is 0. The van der Waals surface area contributed by atoms with Crippen LogP contribution in [0.4, 0.5) is 21.9 Å². The maximum atomic E-state index is 12.3. The molecular formula is C20H19N3O3. The van der Waals surface area contributed by atoms with E-state index in [-0.39, 0.29) is 0 Å². The second kappa shape index (κ2) is 7.48. The molecule has 26 heavy (non-hydrogen) atoms. The predicted molar refractivity (Wildman–Crippen MR) is 103 cm³/mol. The minimum Gasteiger partial charge on any atom is -0.497 e. The van der Waals surface area contributed by atoms with Crippen LogP contribution >= 0.6 is 0 Å². The lowest BCUT2D eigenvalue weighted by Gasteiger charge is -2.14. The number of carbonyl (C=O) groups excluding carboxylic acids is 1. The number of carbonyl (C=O) groups is 1. The molecule has 0 heterocycles. The van der Waals surface area contributed by atoms with Crippen molar-refractivity contribution in [2.45, 2.75) is 0 Å². The highest BCUT2D eigenvalue weighted by Gasteiger charge is 2.13. The summed E-state index contributed by atoms with van der Waals surface area (Å²) in [4.78, 5) is 12.3. The number of amides is 1. The van der Waals surface area contributed by atoms with Crippen LogP contribution in [-0.4, -0.2) is 13.2 Å². The SMILES string of the molecule is COc1ccc(OC(=O)Nc2cccc(N)c2-c2ccc(N)cc2)cc1. The minimum absolute atomic E-state index is 0.404. The summed E-state index contributed by atoms with van der Waals surface area (Å²) in [6, 6.07) is 19.3. The number of rotatable bonds is 4. The molecule has 0 aliphatic rings. The fraction of sp³-hybridized carbons (Fsp3) is 0.0500. The van der Waals surface area contributed by atoms with E-state index < -0.39 is 6.09 Å². The first-order valence-corrected chi connectivity index (χ1v) is 7.94. The van der Waals surface area contributed by atoms with Crippen LogP contribution in [0.25, 0.3) is 11.1 Å². The van der Waals surface area contributed by atoms with E-state index in [1.165, 1.54) is 0 Å². The number of benzene rings is 3. The highest BCUT2D eigenvalue weighted by atomic mass is 16.6. The van der Waals surface area contributed by atoms with E-state index in [1.807, 2.05) is 12.1 Å². The summed E-state index contributed by atoms with van der Waals surface area (Å²) >= 11 is 0. The van der Waals surface area contributed by atoms with E-state index in [4.69, 9.17) is 20.9 Å². The summed E-state index contributed by atoms with van der Waals surface area (Å²) in [6.07, 6.45) is -0.613. The summed E-state index contributed by atoms with van der Waals surface area (Å²) in [5, 5.41) is 2.74. The van der Waals surface area contributed by atoms with Gasteiger partial charge in [-0.1, -0.05) is 18.2 Å². The van der Waals surface area contributed by atoms with Crippen molar-refractivity contribution in [2.75, 3.05) is 23.9 Å². The van der Waals surface area contributed by atoms with Crippen LogP contribution in [0.3, 0.4) is 0 Å². The maximum Gasteiger partial charge on any atom is 0.417 e. The Labute approximate surface area is 151 Å². The Kier molecular flexibility index (Phi) is 4.94. The molecule has 1 amide bonds. The van der Waals surface area contributed by atoms with E-state index in [9.17, 15) is 4.79 Å². The number of nitrogens with one attached hydrogen (secondary N) is 1. The Bertz CT molecular complexity index is 907. The Balaban J connectivity index is 1.81. The van der Waals surface area contributed by atoms with Gasteiger partial charge < -0.3 is 20.9 Å². The fourth-order valence-corrected chi connectivity index (χ4v) is 2.53. The zero-order chi connectivity index (χ0) is 18.5. The second-order valence-electron chi connectivity index (χ2n) is 5.58. The molecule has 0 spiro atoms. The van der Waals surface area contributed by atoms with Crippen LogP contribution in [0.15, 0.2) is 66.7 Å². The number of nitrogens with two attached hydrogens (primary N) is 2. The van der Waals surface area contributed by atoms with Crippen LogP contribution in [-0.2, 0) is 0 Å². The largest absolute Gasteiger partial charge is 0.497 e. The van der Waals surface area contributed by atoms with Crippen LogP contribution in [0.1, 0.15) is 0 Å². The van der Waals surface area contributed by atoms with Gasteiger partial charge in [-0.3, -0.25) is 5.32 Å². The number of methoxy groups -OCH3 is 1. The molecule has 0 fully saturated rings. The predicted octanol–water partition coefficient (Wildman–Crippen LogP) is 4.14. The Morgan fingerprint density at radius 2 is 1.54 bits per heavy atom. The van der Waals surface area contributed by atoms with Gasteiger partial charge in [0.2, 0.25) is 0 Å². The minimum atomic E-state index is -0.613. The molecule has 0 aliphatic heterocycles. The quantitative estimate of drug-likeness (QED) is 0.615. The van der Waals surface area contributed by atoms with Gasteiger partial charge in [-0.2, -0.15) is 0 Å². The Morgan fingerprint density at radius 3 is 2.19 bits per heavy atom. The molecule has 0 bridgehead atoms. The van der Waals surface area contributed by atoms with Crippen LogP contribution in [0, 0.1) is 0 Å². The molecule has 6 nitrogen and oxygen atoms in total. The second-order valence-corrected chi connectivity index (χ2v) is 5.58. The highest BCUT2D eigenvalue weighted by Crippen LogP contribution is 2.34. The molecule has 0 aliphatic carbocycles. The number of hydrogen-bond donors (Lipinski definition) is 3. The van der Waals surface area contributed by atoms with Gasteiger partial charge in [-0.15, -0.1) is 0 Å². The van der Waals surface area contributed by atoms with Gasteiger partial charge in [-0.25, -0.2) is 4.79 Å². The summed E-state index contributed by atoms with van der Waals surface area (Å²) in [5.74, 6) is 1.08. The third-order valence-corrected chi connectivity index (χ3v) is 3.80. The number of ether oxygens (including phenoxy) is 2. The molecule has 132 valence electrons. The lowest BCUT2D eigenvalue weighted by Crippen LogP contribution is -2.17. The molecule has 6 heteroatoms. The van der Waals surface area contributed by atoms with Crippen molar-refractivity contribution in [1.82, 2.24) is 0 Å². The van der Waals surface area contributed by atoms with Crippen LogP contribution in [0.5, 0.6) is 11.5 Å². The van der Waals surface area contributed by atoms with Gasteiger partial charge in [0.05, 0.1) is 12.8 Å².